The Morgan fingerprint density at radius 1 is 1.41 bits per heavy atom. The topological polar surface area (TPSA) is 57.6 Å². The Labute approximate surface area is 101 Å². The first kappa shape index (κ1) is 12.3. The van der Waals surface area contributed by atoms with Gasteiger partial charge in [-0.1, -0.05) is 6.92 Å². The van der Waals surface area contributed by atoms with Crippen molar-refractivity contribution in [2.45, 2.75) is 45.1 Å². The van der Waals surface area contributed by atoms with Crippen LogP contribution >= 0.6 is 0 Å². The SMILES string of the molecule is CC1=CC(=O)N(CC2(O)CCC(C)CC2)C1=O. The number of aliphatic hydroxyl groups is 1. The highest BCUT2D eigenvalue weighted by molar-refractivity contribution is 6.15. The summed E-state index contributed by atoms with van der Waals surface area (Å²) < 4.78 is 0. The molecule has 0 aromatic carbocycles. The van der Waals surface area contributed by atoms with Gasteiger partial charge in [0.1, 0.15) is 0 Å². The third-order valence-corrected chi connectivity index (χ3v) is 3.85. The van der Waals surface area contributed by atoms with Crippen LogP contribution in [0.25, 0.3) is 0 Å². The van der Waals surface area contributed by atoms with Crippen molar-refractivity contribution < 1.29 is 14.7 Å². The van der Waals surface area contributed by atoms with E-state index in [2.05, 4.69) is 6.92 Å². The Bertz CT molecular complexity index is 378. The number of hydrogen-bond donors (Lipinski definition) is 1. The molecule has 0 unspecified atom stereocenters. The molecule has 2 rings (SSSR count). The summed E-state index contributed by atoms with van der Waals surface area (Å²) >= 11 is 0. The molecule has 1 fully saturated rings. The molecular formula is C13H19NO3. The van der Waals surface area contributed by atoms with E-state index in [9.17, 15) is 14.7 Å². The van der Waals surface area contributed by atoms with Gasteiger partial charge in [0.05, 0.1) is 12.1 Å². The molecule has 2 aliphatic rings. The minimum atomic E-state index is -0.879. The number of β-amino-alcohol motifs (C(OH)–C–C–N with tert-alkyl or cyclic N) is 1. The van der Waals surface area contributed by atoms with E-state index in [4.69, 9.17) is 0 Å². The average Bonchev–Trinajstić information content (AvgIpc) is 2.50. The van der Waals surface area contributed by atoms with E-state index >= 15 is 0 Å². The van der Waals surface area contributed by atoms with Crippen molar-refractivity contribution in [3.8, 4) is 0 Å². The summed E-state index contributed by atoms with van der Waals surface area (Å²) in [7, 11) is 0. The molecule has 1 saturated carbocycles. The van der Waals surface area contributed by atoms with Crippen LogP contribution in [0, 0.1) is 5.92 Å². The fourth-order valence-electron chi connectivity index (χ4n) is 2.54. The van der Waals surface area contributed by atoms with Gasteiger partial charge < -0.3 is 5.11 Å². The van der Waals surface area contributed by atoms with Crippen LogP contribution in [-0.2, 0) is 9.59 Å². The van der Waals surface area contributed by atoms with E-state index in [1.165, 1.54) is 11.0 Å². The molecule has 4 nitrogen and oxygen atoms in total. The lowest BCUT2D eigenvalue weighted by Gasteiger charge is -2.37. The van der Waals surface area contributed by atoms with Gasteiger partial charge in [-0.05, 0) is 38.5 Å². The average molecular weight is 237 g/mol. The maximum Gasteiger partial charge on any atom is 0.256 e. The van der Waals surface area contributed by atoms with Gasteiger partial charge in [-0.25, -0.2) is 0 Å². The fourth-order valence-corrected chi connectivity index (χ4v) is 2.54. The number of imide groups is 1. The second-order valence-electron chi connectivity index (χ2n) is 5.46. The lowest BCUT2D eigenvalue weighted by Crippen LogP contribution is -2.47. The molecule has 1 aliphatic carbocycles. The highest BCUT2D eigenvalue weighted by Crippen LogP contribution is 2.33. The quantitative estimate of drug-likeness (QED) is 0.735. The van der Waals surface area contributed by atoms with Crippen LogP contribution in [0.3, 0.4) is 0 Å². The minimum absolute atomic E-state index is 0.144. The normalized spacial score (nSPS) is 34.2. The Morgan fingerprint density at radius 2 is 2.00 bits per heavy atom. The summed E-state index contributed by atoms with van der Waals surface area (Å²) in [5.74, 6) is 0.0710. The maximum absolute atomic E-state index is 11.7. The smallest absolute Gasteiger partial charge is 0.256 e. The molecule has 4 heteroatoms. The second kappa shape index (κ2) is 4.26. The van der Waals surface area contributed by atoms with Crippen molar-refractivity contribution in [3.63, 3.8) is 0 Å². The Balaban J connectivity index is 2.02. The number of amides is 2. The molecule has 17 heavy (non-hydrogen) atoms. The maximum atomic E-state index is 11.7. The van der Waals surface area contributed by atoms with Crippen LogP contribution in [-0.4, -0.2) is 34.0 Å². The van der Waals surface area contributed by atoms with Gasteiger partial charge in [0.25, 0.3) is 11.8 Å². The fraction of sp³-hybridized carbons (Fsp3) is 0.692. The number of carbonyl (C=O) groups excluding carboxylic acids is 2. The summed E-state index contributed by atoms with van der Waals surface area (Å²) in [4.78, 5) is 24.5. The third-order valence-electron chi connectivity index (χ3n) is 3.85. The first-order valence-electron chi connectivity index (χ1n) is 6.18. The van der Waals surface area contributed by atoms with Crippen LogP contribution in [0.15, 0.2) is 11.6 Å². The van der Waals surface area contributed by atoms with Gasteiger partial charge in [0, 0.05) is 11.6 Å². The van der Waals surface area contributed by atoms with Gasteiger partial charge in [0.2, 0.25) is 0 Å². The molecule has 0 spiro atoms. The molecule has 0 atom stereocenters. The van der Waals surface area contributed by atoms with Crippen molar-refractivity contribution >= 4 is 11.8 Å². The van der Waals surface area contributed by atoms with E-state index in [1.54, 1.807) is 6.92 Å². The first-order chi connectivity index (χ1) is 7.91. The van der Waals surface area contributed by atoms with E-state index in [-0.39, 0.29) is 18.4 Å². The number of nitrogens with zero attached hydrogens (tertiary/aromatic N) is 1. The Hall–Kier alpha value is -1.16. The van der Waals surface area contributed by atoms with Crippen LogP contribution in [0.1, 0.15) is 39.5 Å². The van der Waals surface area contributed by atoms with Gasteiger partial charge in [0.15, 0.2) is 0 Å². The zero-order chi connectivity index (χ0) is 12.6. The molecule has 2 amide bonds. The second-order valence-corrected chi connectivity index (χ2v) is 5.46. The minimum Gasteiger partial charge on any atom is -0.388 e. The van der Waals surface area contributed by atoms with E-state index in [0.717, 1.165) is 12.8 Å². The van der Waals surface area contributed by atoms with E-state index < -0.39 is 5.60 Å². The van der Waals surface area contributed by atoms with Gasteiger partial charge >= 0.3 is 0 Å². The first-order valence-corrected chi connectivity index (χ1v) is 6.18. The van der Waals surface area contributed by atoms with Crippen LogP contribution in [0.4, 0.5) is 0 Å². The van der Waals surface area contributed by atoms with Gasteiger partial charge in [-0.15, -0.1) is 0 Å². The number of carbonyl (C=O) groups is 2. The van der Waals surface area contributed by atoms with Crippen molar-refractivity contribution in [1.82, 2.24) is 4.90 Å². The van der Waals surface area contributed by atoms with Crippen LogP contribution in [0.2, 0.25) is 0 Å². The molecule has 94 valence electrons. The molecule has 0 saturated heterocycles. The summed E-state index contributed by atoms with van der Waals surface area (Å²) in [6.45, 7) is 3.94. The predicted molar refractivity (Wildman–Crippen MR) is 63.1 cm³/mol. The van der Waals surface area contributed by atoms with Crippen molar-refractivity contribution in [2.75, 3.05) is 6.54 Å². The molecule has 0 aromatic heterocycles. The number of rotatable bonds is 2. The zero-order valence-corrected chi connectivity index (χ0v) is 10.4. The van der Waals surface area contributed by atoms with Gasteiger partial charge in [-0.2, -0.15) is 0 Å². The van der Waals surface area contributed by atoms with Crippen molar-refractivity contribution in [1.29, 1.82) is 0 Å². The van der Waals surface area contributed by atoms with Crippen LogP contribution < -0.4 is 0 Å². The molecule has 1 heterocycles. The molecule has 1 N–H and O–H groups in total. The lowest BCUT2D eigenvalue weighted by molar-refractivity contribution is -0.142. The summed E-state index contributed by atoms with van der Waals surface area (Å²) in [6.07, 6.45) is 4.60. The zero-order valence-electron chi connectivity index (χ0n) is 10.4. The molecule has 0 radical (unpaired) electrons. The number of hydrogen-bond acceptors (Lipinski definition) is 3. The molecule has 0 bridgehead atoms. The summed E-state index contributed by atoms with van der Waals surface area (Å²) in [6, 6.07) is 0. The monoisotopic (exact) mass is 237 g/mol. The molecular weight excluding hydrogens is 218 g/mol. The standard InChI is InChI=1S/C13H19NO3/c1-9-3-5-13(17,6-4-9)8-14-11(15)7-10(2)12(14)16/h7,9,17H,3-6,8H2,1-2H3. The highest BCUT2D eigenvalue weighted by atomic mass is 16.3. The summed E-state index contributed by atoms with van der Waals surface area (Å²) in [5.41, 5.74) is -0.418. The largest absolute Gasteiger partial charge is 0.388 e. The molecule has 0 aromatic rings. The predicted octanol–water partition coefficient (Wildman–Crippen LogP) is 1.24. The highest BCUT2D eigenvalue weighted by Gasteiger charge is 2.38. The van der Waals surface area contributed by atoms with Crippen molar-refractivity contribution in [3.05, 3.63) is 11.6 Å². The van der Waals surface area contributed by atoms with E-state index in [0.29, 0.717) is 24.3 Å². The van der Waals surface area contributed by atoms with Gasteiger partial charge in [-0.3, -0.25) is 14.5 Å². The van der Waals surface area contributed by atoms with Crippen LogP contribution in [0.5, 0.6) is 0 Å². The molecule has 1 aliphatic heterocycles. The third kappa shape index (κ3) is 2.41. The lowest BCUT2D eigenvalue weighted by atomic mass is 9.79. The Morgan fingerprint density at radius 3 is 2.47 bits per heavy atom. The van der Waals surface area contributed by atoms with E-state index in [1.807, 2.05) is 0 Å². The van der Waals surface area contributed by atoms with Crippen molar-refractivity contribution in [2.24, 2.45) is 5.92 Å². The summed E-state index contributed by atoms with van der Waals surface area (Å²) in [5, 5.41) is 10.4. The Kier molecular flexibility index (Phi) is 3.08.